The van der Waals surface area contributed by atoms with Gasteiger partial charge in [0.15, 0.2) is 0 Å². The van der Waals surface area contributed by atoms with Crippen molar-refractivity contribution >= 4 is 10.0 Å². The second kappa shape index (κ2) is 2.43. The Kier molecular flexibility index (Phi) is 1.72. The summed E-state index contributed by atoms with van der Waals surface area (Å²) in [5, 5.41) is 8.07. The van der Waals surface area contributed by atoms with Gasteiger partial charge in [-0.15, -0.1) is 0 Å². The molecule has 2 rings (SSSR count). The smallest absolute Gasteiger partial charge is 0.211 e. The second-order valence-electron chi connectivity index (χ2n) is 3.92. The van der Waals surface area contributed by atoms with Gasteiger partial charge in [-0.3, -0.25) is 0 Å². The lowest BCUT2D eigenvalue weighted by atomic mass is 9.89. The fraction of sp³-hybridized carbons (Fsp3) is 1.00. The predicted octanol–water partition coefficient (Wildman–Crippen LogP) is -0.440. The SMILES string of the molecule is NS(=O)(=O)C1CCC2(CC1)CN2. The summed E-state index contributed by atoms with van der Waals surface area (Å²) in [5.41, 5.74) is 0.307. The molecule has 0 aromatic carbocycles. The molecule has 5 heteroatoms. The normalized spacial score (nSPS) is 41.6. The minimum Gasteiger partial charge on any atom is -0.308 e. The highest BCUT2D eigenvalue weighted by Gasteiger charge is 2.46. The minimum atomic E-state index is -3.28. The lowest BCUT2D eigenvalue weighted by Gasteiger charge is -2.25. The Bertz CT molecular complexity index is 272. The standard InChI is InChI=1S/C7H14N2O2S/c8-12(10,11)6-1-3-7(4-2-6)5-9-7/h6,9H,1-5H2,(H2,8,10,11). The number of hydrogen-bond acceptors (Lipinski definition) is 3. The molecule has 0 bridgehead atoms. The van der Waals surface area contributed by atoms with Crippen LogP contribution in [0.4, 0.5) is 0 Å². The summed E-state index contributed by atoms with van der Waals surface area (Å²) in [5.74, 6) is 0. The Morgan fingerprint density at radius 2 is 1.83 bits per heavy atom. The van der Waals surface area contributed by atoms with E-state index in [1.165, 1.54) is 0 Å². The average molecular weight is 190 g/mol. The Morgan fingerprint density at radius 1 is 1.33 bits per heavy atom. The molecular weight excluding hydrogens is 176 g/mol. The van der Waals surface area contributed by atoms with Crippen LogP contribution in [-0.2, 0) is 10.0 Å². The van der Waals surface area contributed by atoms with Crippen LogP contribution in [0.25, 0.3) is 0 Å². The Labute approximate surface area is 72.6 Å². The van der Waals surface area contributed by atoms with Crippen molar-refractivity contribution in [1.29, 1.82) is 0 Å². The summed E-state index contributed by atoms with van der Waals surface area (Å²) in [6.45, 7) is 1.06. The van der Waals surface area contributed by atoms with E-state index in [1.807, 2.05) is 0 Å². The first-order valence-electron chi connectivity index (χ1n) is 4.29. The predicted molar refractivity (Wildman–Crippen MR) is 46.1 cm³/mol. The molecule has 0 aromatic rings. The molecular formula is C7H14N2O2S. The number of nitrogens with two attached hydrogens (primary N) is 1. The van der Waals surface area contributed by atoms with E-state index in [1.54, 1.807) is 0 Å². The van der Waals surface area contributed by atoms with E-state index in [0.717, 1.165) is 32.2 Å². The number of sulfonamides is 1. The van der Waals surface area contributed by atoms with Crippen LogP contribution in [0, 0.1) is 0 Å². The van der Waals surface area contributed by atoms with Crippen LogP contribution in [0.2, 0.25) is 0 Å². The average Bonchev–Trinajstić information content (AvgIpc) is 2.68. The van der Waals surface area contributed by atoms with Crippen LogP contribution in [0.15, 0.2) is 0 Å². The van der Waals surface area contributed by atoms with Crippen LogP contribution >= 0.6 is 0 Å². The fourth-order valence-corrected chi connectivity index (χ4v) is 2.84. The molecule has 1 heterocycles. The second-order valence-corrected chi connectivity index (χ2v) is 5.77. The zero-order valence-corrected chi connectivity index (χ0v) is 7.73. The van der Waals surface area contributed by atoms with Gasteiger partial charge < -0.3 is 5.32 Å². The van der Waals surface area contributed by atoms with Crippen LogP contribution in [0.1, 0.15) is 25.7 Å². The van der Waals surface area contributed by atoms with E-state index in [9.17, 15) is 8.42 Å². The maximum atomic E-state index is 11.0. The van der Waals surface area contributed by atoms with Crippen molar-refractivity contribution in [3.8, 4) is 0 Å². The van der Waals surface area contributed by atoms with Crippen molar-refractivity contribution < 1.29 is 8.42 Å². The molecule has 70 valence electrons. The van der Waals surface area contributed by atoms with Crippen molar-refractivity contribution in [2.45, 2.75) is 36.5 Å². The number of rotatable bonds is 1. The highest BCUT2D eigenvalue weighted by Crippen LogP contribution is 2.36. The van der Waals surface area contributed by atoms with Crippen LogP contribution in [-0.4, -0.2) is 25.8 Å². The quantitative estimate of drug-likeness (QED) is 0.550. The summed E-state index contributed by atoms with van der Waals surface area (Å²) >= 11 is 0. The Morgan fingerprint density at radius 3 is 2.17 bits per heavy atom. The first-order valence-corrected chi connectivity index (χ1v) is 5.89. The van der Waals surface area contributed by atoms with Gasteiger partial charge in [-0.05, 0) is 25.7 Å². The molecule has 0 aromatic heterocycles. The van der Waals surface area contributed by atoms with E-state index < -0.39 is 10.0 Å². The van der Waals surface area contributed by atoms with Crippen LogP contribution < -0.4 is 10.5 Å². The summed E-state index contributed by atoms with van der Waals surface area (Å²) in [7, 11) is -3.28. The maximum Gasteiger partial charge on any atom is 0.211 e. The minimum absolute atomic E-state index is 0.287. The van der Waals surface area contributed by atoms with Crippen molar-refractivity contribution in [3.63, 3.8) is 0 Å². The Balaban J connectivity index is 1.99. The fourth-order valence-electron chi connectivity index (χ4n) is 1.95. The molecule has 1 spiro atoms. The van der Waals surface area contributed by atoms with Crippen molar-refractivity contribution in [2.24, 2.45) is 5.14 Å². The molecule has 1 aliphatic carbocycles. The number of primary sulfonamides is 1. The number of hydrogen-bond donors (Lipinski definition) is 2. The van der Waals surface area contributed by atoms with Gasteiger partial charge in [0.25, 0.3) is 0 Å². The third-order valence-electron chi connectivity index (χ3n) is 3.03. The zero-order valence-electron chi connectivity index (χ0n) is 6.91. The topological polar surface area (TPSA) is 82.1 Å². The van der Waals surface area contributed by atoms with Gasteiger partial charge in [0, 0.05) is 12.1 Å². The molecule has 2 fully saturated rings. The van der Waals surface area contributed by atoms with E-state index in [4.69, 9.17) is 5.14 Å². The molecule has 3 N–H and O–H groups in total. The highest BCUT2D eigenvalue weighted by molar-refractivity contribution is 7.89. The molecule has 1 saturated carbocycles. The molecule has 0 atom stereocenters. The molecule has 0 unspecified atom stereocenters. The van der Waals surface area contributed by atoms with E-state index in [-0.39, 0.29) is 5.25 Å². The largest absolute Gasteiger partial charge is 0.308 e. The zero-order chi connectivity index (χ0) is 8.82. The third kappa shape index (κ3) is 1.48. The summed E-state index contributed by atoms with van der Waals surface area (Å²) in [6.07, 6.45) is 3.39. The number of nitrogens with one attached hydrogen (secondary N) is 1. The molecule has 2 aliphatic rings. The molecule has 1 aliphatic heterocycles. The molecule has 12 heavy (non-hydrogen) atoms. The molecule has 0 radical (unpaired) electrons. The molecule has 1 saturated heterocycles. The summed E-state index contributed by atoms with van der Waals surface area (Å²) in [6, 6.07) is 0. The maximum absolute atomic E-state index is 11.0. The first kappa shape index (κ1) is 8.47. The van der Waals surface area contributed by atoms with Crippen LogP contribution in [0.5, 0.6) is 0 Å². The van der Waals surface area contributed by atoms with Crippen molar-refractivity contribution in [1.82, 2.24) is 5.32 Å². The van der Waals surface area contributed by atoms with Gasteiger partial charge in [0.1, 0.15) is 0 Å². The summed E-state index contributed by atoms with van der Waals surface area (Å²) < 4.78 is 22.0. The first-order chi connectivity index (χ1) is 5.52. The van der Waals surface area contributed by atoms with Gasteiger partial charge in [-0.25, -0.2) is 13.6 Å². The summed E-state index contributed by atoms with van der Waals surface area (Å²) in [4.78, 5) is 0. The van der Waals surface area contributed by atoms with Crippen molar-refractivity contribution in [3.05, 3.63) is 0 Å². The third-order valence-corrected chi connectivity index (χ3v) is 4.43. The van der Waals surface area contributed by atoms with E-state index in [2.05, 4.69) is 5.32 Å². The lowest BCUT2D eigenvalue weighted by Crippen LogP contribution is -2.35. The lowest BCUT2D eigenvalue weighted by molar-refractivity contribution is 0.407. The monoisotopic (exact) mass is 190 g/mol. The van der Waals surface area contributed by atoms with Gasteiger partial charge in [0.05, 0.1) is 5.25 Å². The highest BCUT2D eigenvalue weighted by atomic mass is 32.2. The van der Waals surface area contributed by atoms with Gasteiger partial charge in [-0.1, -0.05) is 0 Å². The van der Waals surface area contributed by atoms with Gasteiger partial charge in [-0.2, -0.15) is 0 Å². The molecule has 4 nitrogen and oxygen atoms in total. The van der Waals surface area contributed by atoms with E-state index >= 15 is 0 Å². The van der Waals surface area contributed by atoms with Gasteiger partial charge >= 0.3 is 0 Å². The van der Waals surface area contributed by atoms with Crippen LogP contribution in [0.3, 0.4) is 0 Å². The Hall–Kier alpha value is -0.130. The van der Waals surface area contributed by atoms with Gasteiger partial charge in [0.2, 0.25) is 10.0 Å². The van der Waals surface area contributed by atoms with E-state index in [0.29, 0.717) is 5.54 Å². The van der Waals surface area contributed by atoms with Crippen molar-refractivity contribution in [2.75, 3.05) is 6.54 Å². The molecule has 0 amide bonds.